The fourth-order valence-corrected chi connectivity index (χ4v) is 3.92. The molecule has 2 atom stereocenters. The maximum atomic E-state index is 3.87. The zero-order valence-electron chi connectivity index (χ0n) is 12.9. The highest BCUT2D eigenvalue weighted by Gasteiger charge is 2.41. The van der Waals surface area contributed by atoms with Gasteiger partial charge in [-0.1, -0.05) is 6.92 Å². The molecule has 3 fully saturated rings. The van der Waals surface area contributed by atoms with E-state index < -0.39 is 0 Å². The first-order chi connectivity index (χ1) is 9.15. The molecule has 0 spiro atoms. The van der Waals surface area contributed by atoms with Gasteiger partial charge in [0.25, 0.3) is 0 Å². The molecule has 3 nitrogen and oxygen atoms in total. The Morgan fingerprint density at radius 2 is 1.74 bits per heavy atom. The van der Waals surface area contributed by atoms with E-state index in [-0.39, 0.29) is 0 Å². The molecule has 2 unspecified atom stereocenters. The molecule has 1 heterocycles. The highest BCUT2D eigenvalue weighted by Crippen LogP contribution is 2.44. The van der Waals surface area contributed by atoms with Crippen molar-refractivity contribution in [1.29, 1.82) is 0 Å². The number of nitrogens with one attached hydrogen (secondary N) is 1. The van der Waals surface area contributed by atoms with E-state index in [0.29, 0.717) is 0 Å². The molecule has 2 aliphatic carbocycles. The van der Waals surface area contributed by atoms with Gasteiger partial charge in [-0.25, -0.2) is 0 Å². The standard InChI is InChI=1S/C16H31N3/c1-12-10-19(11-15(12)18(2)3)9-8-17-16(13-4-5-13)14-6-7-14/h12-17H,4-11H2,1-3H3. The third-order valence-electron chi connectivity index (χ3n) is 5.38. The van der Waals surface area contributed by atoms with Crippen LogP contribution in [0.25, 0.3) is 0 Å². The summed E-state index contributed by atoms with van der Waals surface area (Å²) in [6.45, 7) is 7.37. The molecule has 19 heavy (non-hydrogen) atoms. The summed E-state index contributed by atoms with van der Waals surface area (Å²) in [5.41, 5.74) is 0. The van der Waals surface area contributed by atoms with Gasteiger partial charge in [0.15, 0.2) is 0 Å². The van der Waals surface area contributed by atoms with Crippen LogP contribution in [0.1, 0.15) is 32.6 Å². The molecule has 110 valence electrons. The Morgan fingerprint density at radius 1 is 1.11 bits per heavy atom. The van der Waals surface area contributed by atoms with Gasteiger partial charge in [0.2, 0.25) is 0 Å². The molecule has 0 aromatic rings. The second-order valence-corrected chi connectivity index (χ2v) is 7.42. The molecular formula is C16H31N3. The molecule has 0 radical (unpaired) electrons. The van der Waals surface area contributed by atoms with E-state index in [4.69, 9.17) is 0 Å². The van der Waals surface area contributed by atoms with Crippen LogP contribution in [0.2, 0.25) is 0 Å². The fourth-order valence-electron chi connectivity index (χ4n) is 3.92. The second-order valence-electron chi connectivity index (χ2n) is 7.42. The van der Waals surface area contributed by atoms with Gasteiger partial charge in [-0.3, -0.25) is 0 Å². The highest BCUT2D eigenvalue weighted by molar-refractivity contribution is 4.96. The van der Waals surface area contributed by atoms with Gasteiger partial charge in [0.1, 0.15) is 0 Å². The van der Waals surface area contributed by atoms with Crippen LogP contribution in [-0.4, -0.2) is 62.2 Å². The highest BCUT2D eigenvalue weighted by atomic mass is 15.2. The lowest BCUT2D eigenvalue weighted by Gasteiger charge is -2.23. The van der Waals surface area contributed by atoms with E-state index in [9.17, 15) is 0 Å². The van der Waals surface area contributed by atoms with E-state index in [0.717, 1.165) is 29.8 Å². The molecule has 3 aliphatic rings. The van der Waals surface area contributed by atoms with Crippen LogP contribution in [0.5, 0.6) is 0 Å². The minimum Gasteiger partial charge on any atom is -0.312 e. The summed E-state index contributed by atoms with van der Waals surface area (Å²) in [6.07, 6.45) is 5.93. The monoisotopic (exact) mass is 265 g/mol. The Kier molecular flexibility index (Phi) is 4.16. The van der Waals surface area contributed by atoms with Crippen molar-refractivity contribution in [2.45, 2.75) is 44.7 Å². The smallest absolute Gasteiger partial charge is 0.0254 e. The molecule has 0 bridgehead atoms. The van der Waals surface area contributed by atoms with Gasteiger partial charge in [-0.05, 0) is 57.5 Å². The van der Waals surface area contributed by atoms with Crippen LogP contribution in [0, 0.1) is 17.8 Å². The van der Waals surface area contributed by atoms with Crippen molar-refractivity contribution >= 4 is 0 Å². The van der Waals surface area contributed by atoms with Crippen LogP contribution in [-0.2, 0) is 0 Å². The van der Waals surface area contributed by atoms with Crippen molar-refractivity contribution in [2.75, 3.05) is 40.3 Å². The maximum absolute atomic E-state index is 3.87. The molecule has 0 aromatic heterocycles. The fraction of sp³-hybridized carbons (Fsp3) is 1.00. The van der Waals surface area contributed by atoms with Crippen molar-refractivity contribution in [3.63, 3.8) is 0 Å². The number of nitrogens with zero attached hydrogens (tertiary/aromatic N) is 2. The van der Waals surface area contributed by atoms with Crippen LogP contribution in [0.4, 0.5) is 0 Å². The molecule has 2 saturated carbocycles. The lowest BCUT2D eigenvalue weighted by atomic mass is 10.1. The van der Waals surface area contributed by atoms with Crippen molar-refractivity contribution < 1.29 is 0 Å². The molecule has 3 rings (SSSR count). The average molecular weight is 265 g/mol. The molecule has 1 saturated heterocycles. The zero-order valence-corrected chi connectivity index (χ0v) is 12.9. The molecule has 1 aliphatic heterocycles. The lowest BCUT2D eigenvalue weighted by molar-refractivity contribution is 0.250. The summed E-state index contributed by atoms with van der Waals surface area (Å²) in [5.74, 6) is 2.87. The predicted octanol–water partition coefficient (Wildman–Crippen LogP) is 1.65. The Hall–Kier alpha value is -0.120. The summed E-state index contributed by atoms with van der Waals surface area (Å²) in [5, 5.41) is 3.87. The molecule has 0 aromatic carbocycles. The predicted molar refractivity (Wildman–Crippen MR) is 80.3 cm³/mol. The summed E-state index contributed by atoms with van der Waals surface area (Å²) >= 11 is 0. The zero-order chi connectivity index (χ0) is 13.4. The Bertz CT molecular complexity index is 284. The van der Waals surface area contributed by atoms with Crippen LogP contribution >= 0.6 is 0 Å². The molecular weight excluding hydrogens is 234 g/mol. The minimum absolute atomic E-state index is 0.752. The lowest BCUT2D eigenvalue weighted by Crippen LogP contribution is -2.40. The first-order valence-electron chi connectivity index (χ1n) is 8.27. The SMILES string of the molecule is CC1CN(CCNC(C2CC2)C2CC2)CC1N(C)C. The molecule has 3 heteroatoms. The van der Waals surface area contributed by atoms with Gasteiger partial charge in [-0.15, -0.1) is 0 Å². The van der Waals surface area contributed by atoms with Crippen LogP contribution in [0.3, 0.4) is 0 Å². The summed E-state index contributed by atoms with van der Waals surface area (Å²) in [6, 6.07) is 1.62. The number of likely N-dealkylation sites (N-methyl/N-ethyl adjacent to an activating group) is 1. The average Bonchev–Trinajstić information content (AvgIpc) is 3.24. The van der Waals surface area contributed by atoms with Gasteiger partial charge in [-0.2, -0.15) is 0 Å². The summed E-state index contributed by atoms with van der Waals surface area (Å²) in [4.78, 5) is 5.05. The number of hydrogen-bond donors (Lipinski definition) is 1. The van der Waals surface area contributed by atoms with Gasteiger partial charge in [0, 0.05) is 38.3 Å². The van der Waals surface area contributed by atoms with Gasteiger partial charge < -0.3 is 15.1 Å². The quantitative estimate of drug-likeness (QED) is 0.755. The topological polar surface area (TPSA) is 18.5 Å². The van der Waals surface area contributed by atoms with Crippen LogP contribution < -0.4 is 5.32 Å². The largest absolute Gasteiger partial charge is 0.312 e. The normalized spacial score (nSPS) is 32.7. The number of likely N-dealkylation sites (tertiary alicyclic amines) is 1. The third kappa shape index (κ3) is 3.50. The molecule has 1 N–H and O–H groups in total. The van der Waals surface area contributed by atoms with Crippen molar-refractivity contribution in [2.24, 2.45) is 17.8 Å². The third-order valence-corrected chi connectivity index (χ3v) is 5.38. The Morgan fingerprint density at radius 3 is 2.21 bits per heavy atom. The molecule has 0 amide bonds. The summed E-state index contributed by atoms with van der Waals surface area (Å²) in [7, 11) is 4.44. The Labute approximate surface area is 118 Å². The minimum atomic E-state index is 0.752. The second kappa shape index (κ2) is 5.71. The maximum Gasteiger partial charge on any atom is 0.0254 e. The van der Waals surface area contributed by atoms with E-state index in [1.165, 1.54) is 51.9 Å². The number of rotatable bonds is 7. The van der Waals surface area contributed by atoms with Crippen molar-refractivity contribution in [1.82, 2.24) is 15.1 Å². The van der Waals surface area contributed by atoms with E-state index >= 15 is 0 Å². The van der Waals surface area contributed by atoms with Gasteiger partial charge in [0.05, 0.1) is 0 Å². The van der Waals surface area contributed by atoms with Crippen LogP contribution in [0.15, 0.2) is 0 Å². The number of hydrogen-bond acceptors (Lipinski definition) is 3. The van der Waals surface area contributed by atoms with Crippen molar-refractivity contribution in [3.8, 4) is 0 Å². The first-order valence-corrected chi connectivity index (χ1v) is 8.27. The van der Waals surface area contributed by atoms with E-state index in [2.05, 4.69) is 36.1 Å². The first kappa shape index (κ1) is 13.8. The summed E-state index contributed by atoms with van der Waals surface area (Å²) < 4.78 is 0. The van der Waals surface area contributed by atoms with E-state index in [1.54, 1.807) is 0 Å². The van der Waals surface area contributed by atoms with E-state index in [1.807, 2.05) is 0 Å². The van der Waals surface area contributed by atoms with Crippen molar-refractivity contribution in [3.05, 3.63) is 0 Å². The Balaban J connectivity index is 1.38. The van der Waals surface area contributed by atoms with Gasteiger partial charge >= 0.3 is 0 Å².